The predicted molar refractivity (Wildman–Crippen MR) is 130 cm³/mol. The van der Waals surface area contributed by atoms with Gasteiger partial charge in [0.05, 0.1) is 10.5 Å². The van der Waals surface area contributed by atoms with E-state index >= 15 is 0 Å². The predicted octanol–water partition coefficient (Wildman–Crippen LogP) is 5.56. The highest BCUT2D eigenvalue weighted by Crippen LogP contribution is 2.39. The number of hydrogen-bond acceptors (Lipinski definition) is 5. The summed E-state index contributed by atoms with van der Waals surface area (Å²) in [4.78, 5) is 14.0. The Bertz CT molecular complexity index is 1330. The van der Waals surface area contributed by atoms with Crippen LogP contribution in [0.25, 0.3) is 0 Å². The van der Waals surface area contributed by atoms with Gasteiger partial charge in [-0.05, 0) is 73.2 Å². The van der Waals surface area contributed by atoms with Gasteiger partial charge >= 0.3 is 0 Å². The van der Waals surface area contributed by atoms with Crippen molar-refractivity contribution < 1.29 is 13.2 Å². The lowest BCUT2D eigenvalue weighted by Crippen LogP contribution is -2.16. The second-order valence-electron chi connectivity index (χ2n) is 7.76. The molecular formula is C23H20BrN3O3S2. The number of thiophene rings is 1. The molecule has 1 amide bonds. The van der Waals surface area contributed by atoms with E-state index in [0.29, 0.717) is 22.2 Å². The minimum atomic E-state index is -3.87. The minimum Gasteiger partial charge on any atom is -0.312 e. The third-order valence-electron chi connectivity index (χ3n) is 5.35. The Balaban J connectivity index is 1.57. The molecule has 2 aromatic carbocycles. The van der Waals surface area contributed by atoms with Gasteiger partial charge < -0.3 is 5.32 Å². The molecule has 9 heteroatoms. The lowest BCUT2D eigenvalue weighted by Gasteiger charge is -2.17. The number of carbonyl (C=O) groups is 1. The second-order valence-corrected chi connectivity index (χ2v) is 11.5. The maximum atomic E-state index is 12.9. The summed E-state index contributed by atoms with van der Waals surface area (Å²) < 4.78 is 28.9. The molecule has 0 bridgehead atoms. The van der Waals surface area contributed by atoms with Gasteiger partial charge in [-0.25, -0.2) is 8.42 Å². The van der Waals surface area contributed by atoms with Crippen LogP contribution in [0, 0.1) is 17.2 Å². The van der Waals surface area contributed by atoms with Gasteiger partial charge in [-0.15, -0.1) is 11.3 Å². The van der Waals surface area contributed by atoms with Crippen LogP contribution in [-0.4, -0.2) is 14.3 Å². The van der Waals surface area contributed by atoms with Crippen molar-refractivity contribution in [3.63, 3.8) is 0 Å². The third kappa shape index (κ3) is 4.72. The Morgan fingerprint density at radius 1 is 1.22 bits per heavy atom. The van der Waals surface area contributed by atoms with Gasteiger partial charge in [0.2, 0.25) is 0 Å². The zero-order valence-corrected chi connectivity index (χ0v) is 20.4. The summed E-state index contributed by atoms with van der Waals surface area (Å²) in [5.74, 6) is 0.102. The number of hydrogen-bond donors (Lipinski definition) is 2. The molecule has 164 valence electrons. The van der Waals surface area contributed by atoms with Gasteiger partial charge in [-0.2, -0.15) is 5.26 Å². The normalized spacial score (nSPS) is 15.5. The smallest absolute Gasteiger partial charge is 0.261 e. The molecule has 0 saturated carbocycles. The van der Waals surface area contributed by atoms with E-state index in [1.54, 1.807) is 30.3 Å². The monoisotopic (exact) mass is 529 g/mol. The lowest BCUT2D eigenvalue weighted by atomic mass is 9.88. The summed E-state index contributed by atoms with van der Waals surface area (Å²) in [5.41, 5.74) is 2.17. The second kappa shape index (κ2) is 9.06. The van der Waals surface area contributed by atoms with E-state index in [9.17, 15) is 18.5 Å². The van der Waals surface area contributed by atoms with Gasteiger partial charge in [0.15, 0.2) is 0 Å². The standard InChI is InChI=1S/C23H20BrN3O3S2/c1-14-5-10-19-20(13-25)23(31-21(19)11-14)26-22(28)15-3-2-4-18(12-15)32(29,30)27-17-8-6-16(24)7-9-17/h2-4,6-9,12,14,27H,5,10-11H2,1H3,(H,26,28)/t14-/m0/s1. The molecule has 1 aliphatic carbocycles. The van der Waals surface area contributed by atoms with E-state index in [4.69, 9.17) is 0 Å². The van der Waals surface area contributed by atoms with Crippen molar-refractivity contribution in [2.75, 3.05) is 10.0 Å². The highest BCUT2D eigenvalue weighted by molar-refractivity contribution is 9.10. The van der Waals surface area contributed by atoms with Crippen LogP contribution < -0.4 is 10.0 Å². The number of carbonyl (C=O) groups excluding carboxylic acids is 1. The van der Waals surface area contributed by atoms with Gasteiger partial charge in [-0.3, -0.25) is 9.52 Å². The van der Waals surface area contributed by atoms with Gasteiger partial charge in [0, 0.05) is 20.6 Å². The Hall–Kier alpha value is -2.67. The molecule has 0 aliphatic heterocycles. The molecule has 3 aromatic rings. The van der Waals surface area contributed by atoms with Crippen molar-refractivity contribution >= 4 is 53.9 Å². The maximum Gasteiger partial charge on any atom is 0.261 e. The highest BCUT2D eigenvalue weighted by atomic mass is 79.9. The number of nitrogens with one attached hydrogen (secondary N) is 2. The molecule has 0 fully saturated rings. The van der Waals surface area contributed by atoms with Crippen molar-refractivity contribution in [3.05, 3.63) is 74.6 Å². The molecule has 0 unspecified atom stereocenters. The zero-order chi connectivity index (χ0) is 22.9. The first-order chi connectivity index (χ1) is 15.3. The SMILES string of the molecule is C[C@H]1CCc2c(sc(NC(=O)c3cccc(S(=O)(=O)Nc4ccc(Br)cc4)c3)c2C#N)C1. The van der Waals surface area contributed by atoms with Gasteiger partial charge in [-0.1, -0.05) is 28.9 Å². The zero-order valence-electron chi connectivity index (χ0n) is 17.2. The molecule has 4 rings (SSSR count). The van der Waals surface area contributed by atoms with Crippen LogP contribution in [0.5, 0.6) is 0 Å². The van der Waals surface area contributed by atoms with Crippen LogP contribution in [0.3, 0.4) is 0 Å². The van der Waals surface area contributed by atoms with Crippen molar-refractivity contribution in [2.24, 2.45) is 5.92 Å². The van der Waals surface area contributed by atoms with E-state index in [1.165, 1.54) is 29.5 Å². The number of fused-ring (bicyclic) bond motifs is 1. The number of benzene rings is 2. The number of anilines is 2. The fraction of sp³-hybridized carbons (Fsp3) is 0.217. The lowest BCUT2D eigenvalue weighted by molar-refractivity contribution is 0.102. The summed E-state index contributed by atoms with van der Waals surface area (Å²) in [6, 6.07) is 14.8. The fourth-order valence-corrected chi connectivity index (χ4v) is 6.39. The number of halogens is 1. The van der Waals surface area contributed by atoms with E-state index in [-0.39, 0.29) is 10.5 Å². The molecule has 0 spiro atoms. The number of nitrogens with zero attached hydrogens (tertiary/aromatic N) is 1. The highest BCUT2D eigenvalue weighted by Gasteiger charge is 2.25. The Morgan fingerprint density at radius 2 is 1.97 bits per heavy atom. The first-order valence-electron chi connectivity index (χ1n) is 10.0. The first kappa shape index (κ1) is 22.5. The third-order valence-corrected chi connectivity index (χ3v) is 8.43. The summed E-state index contributed by atoms with van der Waals surface area (Å²) in [6.07, 6.45) is 2.76. The van der Waals surface area contributed by atoms with E-state index < -0.39 is 15.9 Å². The molecule has 1 aliphatic rings. The molecule has 2 N–H and O–H groups in total. The average molecular weight is 530 g/mol. The first-order valence-corrected chi connectivity index (χ1v) is 13.1. The van der Waals surface area contributed by atoms with Crippen LogP contribution in [0.15, 0.2) is 57.9 Å². The quantitative estimate of drug-likeness (QED) is 0.451. The van der Waals surface area contributed by atoms with Crippen molar-refractivity contribution in [1.82, 2.24) is 0 Å². The Labute approximate surface area is 199 Å². The van der Waals surface area contributed by atoms with Crippen LogP contribution in [0.2, 0.25) is 0 Å². The molecule has 1 aromatic heterocycles. The summed E-state index contributed by atoms with van der Waals surface area (Å²) >= 11 is 4.75. The molecular weight excluding hydrogens is 510 g/mol. The maximum absolute atomic E-state index is 12.9. The molecule has 6 nitrogen and oxygen atoms in total. The average Bonchev–Trinajstić information content (AvgIpc) is 3.11. The minimum absolute atomic E-state index is 0.0205. The summed E-state index contributed by atoms with van der Waals surface area (Å²) in [7, 11) is -3.87. The molecule has 1 heterocycles. The number of nitriles is 1. The van der Waals surface area contributed by atoms with Crippen LogP contribution in [0.4, 0.5) is 10.7 Å². The van der Waals surface area contributed by atoms with E-state index in [2.05, 4.69) is 39.0 Å². The largest absolute Gasteiger partial charge is 0.312 e. The van der Waals surface area contributed by atoms with Crippen LogP contribution in [-0.2, 0) is 22.9 Å². The topological polar surface area (TPSA) is 99.1 Å². The van der Waals surface area contributed by atoms with Crippen molar-refractivity contribution in [1.29, 1.82) is 5.26 Å². The summed E-state index contributed by atoms with van der Waals surface area (Å²) in [5, 5.41) is 13.0. The molecule has 1 atom stereocenters. The van der Waals surface area contributed by atoms with Gasteiger partial charge in [0.25, 0.3) is 15.9 Å². The Morgan fingerprint density at radius 3 is 2.69 bits per heavy atom. The summed E-state index contributed by atoms with van der Waals surface area (Å²) in [6.45, 7) is 2.18. The molecule has 0 radical (unpaired) electrons. The van der Waals surface area contributed by atoms with E-state index in [0.717, 1.165) is 34.2 Å². The van der Waals surface area contributed by atoms with Crippen LogP contribution in [0.1, 0.15) is 39.7 Å². The van der Waals surface area contributed by atoms with E-state index in [1.807, 2.05) is 0 Å². The Kier molecular flexibility index (Phi) is 6.38. The molecule has 32 heavy (non-hydrogen) atoms. The van der Waals surface area contributed by atoms with Gasteiger partial charge in [0.1, 0.15) is 11.1 Å². The fourth-order valence-electron chi connectivity index (χ4n) is 3.67. The van der Waals surface area contributed by atoms with Crippen LogP contribution >= 0.6 is 27.3 Å². The molecule has 0 saturated heterocycles. The number of sulfonamides is 1. The van der Waals surface area contributed by atoms with Crippen molar-refractivity contribution in [3.8, 4) is 6.07 Å². The van der Waals surface area contributed by atoms with Crippen molar-refractivity contribution in [2.45, 2.75) is 31.1 Å². The number of rotatable bonds is 5. The number of amides is 1.